The molecule has 2 rings (SSSR count). The Hall–Kier alpha value is -1.97. The first-order valence-corrected chi connectivity index (χ1v) is 4.28. The van der Waals surface area contributed by atoms with Crippen molar-refractivity contribution in [2.75, 3.05) is 7.11 Å². The van der Waals surface area contributed by atoms with Gasteiger partial charge in [-0.3, -0.25) is 9.59 Å². The molecule has 0 N–H and O–H groups in total. The first kappa shape index (κ1) is 9.58. The molecule has 0 radical (unpaired) electrons. The number of carbonyl (C=O) groups is 2. The minimum atomic E-state index is -0.700. The summed E-state index contributed by atoms with van der Waals surface area (Å²) in [5.74, 6) is -1.41. The first-order chi connectivity index (χ1) is 7.15. The zero-order chi connectivity index (χ0) is 11.0. The summed E-state index contributed by atoms with van der Waals surface area (Å²) in [5.41, 5.74) is -0.202. The van der Waals surface area contributed by atoms with E-state index in [0.717, 1.165) is 18.2 Å². The van der Waals surface area contributed by atoms with Gasteiger partial charge in [-0.15, -0.1) is 0 Å². The van der Waals surface area contributed by atoms with Crippen LogP contribution in [0.3, 0.4) is 0 Å². The van der Waals surface area contributed by atoms with Crippen LogP contribution in [0.25, 0.3) is 0 Å². The van der Waals surface area contributed by atoms with Crippen molar-refractivity contribution in [2.45, 2.75) is 0 Å². The summed E-state index contributed by atoms with van der Waals surface area (Å²) in [6, 6.07) is 2.44. The number of benzene rings is 1. The van der Waals surface area contributed by atoms with Gasteiger partial charge in [-0.05, 0) is 24.3 Å². The lowest BCUT2D eigenvalue weighted by Crippen LogP contribution is -2.15. The third-order valence-corrected chi connectivity index (χ3v) is 2.22. The van der Waals surface area contributed by atoms with Gasteiger partial charge < -0.3 is 4.74 Å². The number of methoxy groups -OCH3 is 1. The molecule has 0 fully saturated rings. The maximum Gasteiger partial charge on any atom is 0.190 e. The Labute approximate surface area is 85.2 Å². The predicted octanol–water partition coefficient (Wildman–Crippen LogP) is 1.77. The maximum absolute atomic E-state index is 13.3. The van der Waals surface area contributed by atoms with Crippen molar-refractivity contribution in [3.8, 4) is 5.75 Å². The van der Waals surface area contributed by atoms with Gasteiger partial charge in [0, 0.05) is 0 Å². The van der Waals surface area contributed by atoms with Crippen molar-refractivity contribution >= 4 is 11.6 Å². The Morgan fingerprint density at radius 3 is 2.27 bits per heavy atom. The number of ether oxygens (including phenoxy) is 1. The lowest BCUT2D eigenvalue weighted by Gasteiger charge is -2.13. The van der Waals surface area contributed by atoms with Crippen LogP contribution in [0.1, 0.15) is 20.7 Å². The average molecular weight is 206 g/mol. The van der Waals surface area contributed by atoms with Crippen molar-refractivity contribution in [3.05, 3.63) is 41.2 Å². The first-order valence-electron chi connectivity index (χ1n) is 4.28. The second-order valence-corrected chi connectivity index (χ2v) is 3.06. The SMILES string of the molecule is COc1ccc(F)c2c1C(=O)C=CC2=O. The highest BCUT2D eigenvalue weighted by molar-refractivity contribution is 6.23. The summed E-state index contributed by atoms with van der Waals surface area (Å²) in [5, 5.41) is 0. The Bertz CT molecular complexity index is 489. The van der Waals surface area contributed by atoms with Gasteiger partial charge in [0.15, 0.2) is 11.6 Å². The number of ketones is 2. The van der Waals surface area contributed by atoms with Crippen LogP contribution in [0.2, 0.25) is 0 Å². The van der Waals surface area contributed by atoms with Crippen molar-refractivity contribution in [3.63, 3.8) is 0 Å². The Morgan fingerprint density at radius 1 is 1.07 bits per heavy atom. The Morgan fingerprint density at radius 2 is 1.67 bits per heavy atom. The minimum absolute atomic E-state index is 0.00463. The molecule has 0 spiro atoms. The van der Waals surface area contributed by atoms with Gasteiger partial charge in [0.1, 0.15) is 11.6 Å². The molecule has 0 aromatic heterocycles. The highest BCUT2D eigenvalue weighted by atomic mass is 19.1. The number of fused-ring (bicyclic) bond motifs is 1. The zero-order valence-corrected chi connectivity index (χ0v) is 7.91. The summed E-state index contributed by atoms with van der Waals surface area (Å²) in [4.78, 5) is 22.9. The molecule has 76 valence electrons. The quantitative estimate of drug-likeness (QED) is 0.703. The number of carbonyl (C=O) groups excluding carboxylic acids is 2. The molecular weight excluding hydrogens is 199 g/mol. The Balaban J connectivity index is 2.78. The molecule has 4 heteroatoms. The van der Waals surface area contributed by atoms with Crippen LogP contribution in [0.5, 0.6) is 5.75 Å². The summed E-state index contributed by atoms with van der Waals surface area (Å²) in [7, 11) is 1.36. The third kappa shape index (κ3) is 1.34. The topological polar surface area (TPSA) is 43.4 Å². The van der Waals surface area contributed by atoms with Crippen LogP contribution in [0.15, 0.2) is 24.3 Å². The fraction of sp³-hybridized carbons (Fsp3) is 0.0909. The molecule has 1 aliphatic carbocycles. The second-order valence-electron chi connectivity index (χ2n) is 3.06. The molecule has 0 saturated carbocycles. The molecule has 0 unspecified atom stereocenters. The number of hydrogen-bond acceptors (Lipinski definition) is 3. The number of allylic oxidation sites excluding steroid dienone is 2. The van der Waals surface area contributed by atoms with E-state index in [0.29, 0.717) is 0 Å². The van der Waals surface area contributed by atoms with E-state index >= 15 is 0 Å². The van der Waals surface area contributed by atoms with E-state index in [1.165, 1.54) is 13.2 Å². The van der Waals surface area contributed by atoms with Crippen molar-refractivity contribution < 1.29 is 18.7 Å². The Kier molecular flexibility index (Phi) is 2.11. The molecule has 1 aromatic rings. The van der Waals surface area contributed by atoms with E-state index in [1.54, 1.807) is 0 Å². The zero-order valence-electron chi connectivity index (χ0n) is 7.91. The normalized spacial score (nSPS) is 14.0. The second kappa shape index (κ2) is 3.31. The van der Waals surface area contributed by atoms with E-state index in [4.69, 9.17) is 4.74 Å². The predicted molar refractivity (Wildman–Crippen MR) is 50.8 cm³/mol. The lowest BCUT2D eigenvalue weighted by atomic mass is 9.93. The van der Waals surface area contributed by atoms with E-state index < -0.39 is 17.4 Å². The molecule has 1 aromatic carbocycles. The fourth-order valence-corrected chi connectivity index (χ4v) is 1.53. The molecule has 0 aliphatic heterocycles. The number of halogens is 1. The fourth-order valence-electron chi connectivity index (χ4n) is 1.53. The van der Waals surface area contributed by atoms with Crippen molar-refractivity contribution in [1.29, 1.82) is 0 Å². The number of hydrogen-bond donors (Lipinski definition) is 0. The van der Waals surface area contributed by atoms with Crippen LogP contribution in [0, 0.1) is 5.82 Å². The van der Waals surface area contributed by atoms with Crippen LogP contribution in [-0.4, -0.2) is 18.7 Å². The largest absolute Gasteiger partial charge is 0.496 e. The maximum atomic E-state index is 13.3. The van der Waals surface area contributed by atoms with Crippen LogP contribution in [-0.2, 0) is 0 Å². The number of rotatable bonds is 1. The van der Waals surface area contributed by atoms with Crippen LogP contribution in [0.4, 0.5) is 4.39 Å². The lowest BCUT2D eigenvalue weighted by molar-refractivity contribution is 0.0988. The average Bonchev–Trinajstić information content (AvgIpc) is 2.23. The molecule has 0 amide bonds. The molecule has 0 saturated heterocycles. The third-order valence-electron chi connectivity index (χ3n) is 2.22. The van der Waals surface area contributed by atoms with E-state index in [-0.39, 0.29) is 16.9 Å². The molecule has 3 nitrogen and oxygen atoms in total. The summed E-state index contributed by atoms with van der Waals surface area (Å²) in [6.45, 7) is 0. The van der Waals surface area contributed by atoms with Gasteiger partial charge in [-0.1, -0.05) is 0 Å². The van der Waals surface area contributed by atoms with Gasteiger partial charge in [-0.2, -0.15) is 0 Å². The summed E-state index contributed by atoms with van der Waals surface area (Å²) >= 11 is 0. The highest BCUT2D eigenvalue weighted by Crippen LogP contribution is 2.28. The van der Waals surface area contributed by atoms with Gasteiger partial charge in [-0.25, -0.2) is 4.39 Å². The standard InChI is InChI=1S/C11H7FO3/c1-15-9-5-2-6(12)10-7(13)3-4-8(14)11(9)10/h2-5H,1H3. The van der Waals surface area contributed by atoms with Crippen molar-refractivity contribution in [1.82, 2.24) is 0 Å². The van der Waals surface area contributed by atoms with Gasteiger partial charge >= 0.3 is 0 Å². The summed E-state index contributed by atoms with van der Waals surface area (Å²) < 4.78 is 18.3. The van der Waals surface area contributed by atoms with Crippen LogP contribution < -0.4 is 4.74 Å². The van der Waals surface area contributed by atoms with Crippen LogP contribution >= 0.6 is 0 Å². The highest BCUT2D eigenvalue weighted by Gasteiger charge is 2.26. The monoisotopic (exact) mass is 206 g/mol. The molecule has 0 atom stereocenters. The van der Waals surface area contributed by atoms with E-state index in [9.17, 15) is 14.0 Å². The van der Waals surface area contributed by atoms with Gasteiger partial charge in [0.25, 0.3) is 0 Å². The molecule has 15 heavy (non-hydrogen) atoms. The van der Waals surface area contributed by atoms with E-state index in [1.807, 2.05) is 0 Å². The molecular formula is C11H7FO3. The minimum Gasteiger partial charge on any atom is -0.496 e. The van der Waals surface area contributed by atoms with Gasteiger partial charge in [0.05, 0.1) is 18.2 Å². The molecule has 0 bridgehead atoms. The molecule has 1 aliphatic rings. The van der Waals surface area contributed by atoms with Crippen molar-refractivity contribution in [2.24, 2.45) is 0 Å². The van der Waals surface area contributed by atoms with Gasteiger partial charge in [0.2, 0.25) is 0 Å². The van der Waals surface area contributed by atoms with E-state index in [2.05, 4.69) is 0 Å². The molecule has 0 heterocycles. The summed E-state index contributed by atoms with van der Waals surface area (Å²) in [6.07, 6.45) is 2.18. The smallest absolute Gasteiger partial charge is 0.190 e.